The predicted octanol–water partition coefficient (Wildman–Crippen LogP) is 1.03. The molecule has 14 heavy (non-hydrogen) atoms. The lowest BCUT2D eigenvalue weighted by molar-refractivity contribution is -0.384. The molecule has 1 aromatic rings. The monoisotopic (exact) mass is 195 g/mol. The number of epoxide rings is 1. The Balaban J connectivity index is 2.11. The normalized spacial score (nSPS) is 24.6. The van der Waals surface area contributed by atoms with Crippen LogP contribution < -0.4 is 0 Å². The molecule has 0 saturated carbocycles. The van der Waals surface area contributed by atoms with Crippen molar-refractivity contribution in [1.29, 1.82) is 0 Å². The van der Waals surface area contributed by atoms with Gasteiger partial charge in [-0.1, -0.05) is 0 Å². The summed E-state index contributed by atoms with van der Waals surface area (Å²) in [7, 11) is 0. The van der Waals surface area contributed by atoms with Crippen molar-refractivity contribution in [2.24, 2.45) is 0 Å². The maximum atomic E-state index is 10.4. The highest BCUT2D eigenvalue weighted by atomic mass is 16.6. The summed E-state index contributed by atoms with van der Waals surface area (Å²) in [6.07, 6.45) is -0.239. The van der Waals surface area contributed by atoms with Gasteiger partial charge in [0.1, 0.15) is 12.2 Å². The predicted molar refractivity (Wildman–Crippen MR) is 47.8 cm³/mol. The Labute approximate surface area is 80.1 Å². The van der Waals surface area contributed by atoms with E-state index < -0.39 is 4.92 Å². The van der Waals surface area contributed by atoms with E-state index in [1.165, 1.54) is 12.1 Å². The quantitative estimate of drug-likeness (QED) is 0.444. The maximum absolute atomic E-state index is 10.4. The number of nitro groups is 1. The van der Waals surface area contributed by atoms with E-state index in [-0.39, 0.29) is 24.5 Å². The van der Waals surface area contributed by atoms with Crippen molar-refractivity contribution in [3.05, 3.63) is 39.9 Å². The highest BCUT2D eigenvalue weighted by Crippen LogP contribution is 2.38. The standard InChI is InChI=1S/C9H9NO4/c11-5-8-9(14-8)6-1-3-7(4-2-6)10(12)13/h1-4,8-9,11H,5H2/t8-,9+/m1/s1. The fraction of sp³-hybridized carbons (Fsp3) is 0.333. The number of aliphatic hydroxyl groups is 1. The molecule has 1 aliphatic heterocycles. The number of hydrogen-bond acceptors (Lipinski definition) is 4. The molecule has 2 atom stereocenters. The van der Waals surface area contributed by atoms with E-state index in [0.29, 0.717) is 0 Å². The van der Waals surface area contributed by atoms with Gasteiger partial charge in [0.05, 0.1) is 11.5 Å². The van der Waals surface area contributed by atoms with Crippen molar-refractivity contribution >= 4 is 5.69 Å². The van der Waals surface area contributed by atoms with Crippen LogP contribution in [0.1, 0.15) is 11.7 Å². The van der Waals surface area contributed by atoms with Crippen LogP contribution in [-0.4, -0.2) is 22.7 Å². The van der Waals surface area contributed by atoms with Gasteiger partial charge in [-0.15, -0.1) is 0 Å². The molecule has 1 fully saturated rings. The van der Waals surface area contributed by atoms with Crippen molar-refractivity contribution in [1.82, 2.24) is 0 Å². The average Bonchev–Trinajstić information content (AvgIpc) is 2.97. The third-order valence-electron chi connectivity index (χ3n) is 2.19. The molecule has 1 N–H and O–H groups in total. The lowest BCUT2D eigenvalue weighted by Crippen LogP contribution is -1.94. The van der Waals surface area contributed by atoms with Gasteiger partial charge in [0.2, 0.25) is 0 Å². The minimum atomic E-state index is -0.443. The fourth-order valence-electron chi connectivity index (χ4n) is 1.36. The van der Waals surface area contributed by atoms with Gasteiger partial charge >= 0.3 is 0 Å². The Bertz CT molecular complexity index is 348. The Hall–Kier alpha value is -1.46. The van der Waals surface area contributed by atoms with Crippen molar-refractivity contribution in [2.45, 2.75) is 12.2 Å². The summed E-state index contributed by atoms with van der Waals surface area (Å²) in [5.41, 5.74) is 0.935. The average molecular weight is 195 g/mol. The highest BCUT2D eigenvalue weighted by Gasteiger charge is 2.39. The first kappa shape index (κ1) is 9.11. The second kappa shape index (κ2) is 3.36. The molecule has 74 valence electrons. The number of non-ortho nitro benzene ring substituents is 1. The summed E-state index contributed by atoms with van der Waals surface area (Å²) in [6.45, 7) is -0.0122. The minimum Gasteiger partial charge on any atom is -0.394 e. The van der Waals surface area contributed by atoms with E-state index in [4.69, 9.17) is 9.84 Å². The molecule has 0 bridgehead atoms. The topological polar surface area (TPSA) is 75.9 Å². The van der Waals surface area contributed by atoms with Crippen molar-refractivity contribution in [2.75, 3.05) is 6.61 Å². The summed E-state index contributed by atoms with van der Waals surface area (Å²) in [5.74, 6) is 0. The first-order valence-electron chi connectivity index (χ1n) is 4.23. The fourth-order valence-corrected chi connectivity index (χ4v) is 1.36. The lowest BCUT2D eigenvalue weighted by Gasteiger charge is -1.94. The van der Waals surface area contributed by atoms with Gasteiger partial charge in [-0.25, -0.2) is 0 Å². The van der Waals surface area contributed by atoms with Gasteiger partial charge in [0.15, 0.2) is 0 Å². The lowest BCUT2D eigenvalue weighted by atomic mass is 10.1. The van der Waals surface area contributed by atoms with Gasteiger partial charge in [-0.3, -0.25) is 10.1 Å². The zero-order valence-electron chi connectivity index (χ0n) is 7.29. The van der Waals surface area contributed by atoms with Crippen LogP contribution in [0.3, 0.4) is 0 Å². The SMILES string of the molecule is O=[N+]([O-])c1ccc([C@@H]2O[C@@H]2CO)cc1. The molecule has 1 saturated heterocycles. The molecular formula is C9H9NO4. The number of hydrogen-bond donors (Lipinski definition) is 1. The van der Waals surface area contributed by atoms with E-state index in [2.05, 4.69) is 0 Å². The van der Waals surface area contributed by atoms with Crippen molar-refractivity contribution in [3.63, 3.8) is 0 Å². The molecule has 1 aromatic carbocycles. The Morgan fingerprint density at radius 1 is 1.43 bits per heavy atom. The summed E-state index contributed by atoms with van der Waals surface area (Å²) in [5, 5.41) is 19.1. The number of ether oxygens (including phenoxy) is 1. The van der Waals surface area contributed by atoms with Crippen LogP contribution in [0, 0.1) is 10.1 Å². The van der Waals surface area contributed by atoms with Crippen LogP contribution in [0.2, 0.25) is 0 Å². The molecule has 5 nitrogen and oxygen atoms in total. The zero-order valence-corrected chi connectivity index (χ0v) is 7.29. The van der Waals surface area contributed by atoms with Crippen molar-refractivity contribution in [3.8, 4) is 0 Å². The molecule has 0 unspecified atom stereocenters. The van der Waals surface area contributed by atoms with E-state index in [1.54, 1.807) is 12.1 Å². The molecular weight excluding hydrogens is 186 g/mol. The number of aliphatic hydroxyl groups excluding tert-OH is 1. The molecule has 2 rings (SSSR count). The van der Waals surface area contributed by atoms with E-state index in [1.807, 2.05) is 0 Å². The van der Waals surface area contributed by atoms with Gasteiger partial charge in [-0.05, 0) is 17.7 Å². The van der Waals surface area contributed by atoms with Gasteiger partial charge < -0.3 is 9.84 Å². The minimum absolute atomic E-state index is 0.0122. The molecule has 0 spiro atoms. The Kier molecular flexibility index (Phi) is 2.18. The summed E-state index contributed by atoms with van der Waals surface area (Å²) in [4.78, 5) is 9.91. The summed E-state index contributed by atoms with van der Waals surface area (Å²) >= 11 is 0. The second-order valence-electron chi connectivity index (χ2n) is 3.13. The maximum Gasteiger partial charge on any atom is 0.269 e. The molecule has 5 heteroatoms. The first-order valence-corrected chi connectivity index (χ1v) is 4.23. The van der Waals surface area contributed by atoms with Crippen LogP contribution in [0.25, 0.3) is 0 Å². The van der Waals surface area contributed by atoms with Crippen LogP contribution in [0.4, 0.5) is 5.69 Å². The molecule has 0 aliphatic carbocycles. The molecule has 0 aromatic heterocycles. The van der Waals surface area contributed by atoms with Crippen LogP contribution in [0.5, 0.6) is 0 Å². The van der Waals surface area contributed by atoms with Gasteiger partial charge in [0, 0.05) is 12.1 Å². The third kappa shape index (κ3) is 1.59. The molecule has 0 radical (unpaired) electrons. The van der Waals surface area contributed by atoms with Crippen LogP contribution in [0.15, 0.2) is 24.3 Å². The number of nitro benzene ring substituents is 1. The Morgan fingerprint density at radius 2 is 2.07 bits per heavy atom. The van der Waals surface area contributed by atoms with E-state index in [9.17, 15) is 10.1 Å². The number of rotatable bonds is 3. The largest absolute Gasteiger partial charge is 0.394 e. The second-order valence-corrected chi connectivity index (χ2v) is 3.13. The van der Waals surface area contributed by atoms with Gasteiger partial charge in [0.25, 0.3) is 5.69 Å². The third-order valence-corrected chi connectivity index (χ3v) is 2.19. The molecule has 0 amide bonds. The number of nitrogens with zero attached hydrogens (tertiary/aromatic N) is 1. The van der Waals surface area contributed by atoms with E-state index in [0.717, 1.165) is 5.56 Å². The van der Waals surface area contributed by atoms with Crippen LogP contribution >= 0.6 is 0 Å². The van der Waals surface area contributed by atoms with Crippen LogP contribution in [-0.2, 0) is 4.74 Å². The number of benzene rings is 1. The Morgan fingerprint density at radius 3 is 2.50 bits per heavy atom. The molecule has 1 heterocycles. The van der Waals surface area contributed by atoms with Crippen molar-refractivity contribution < 1.29 is 14.8 Å². The zero-order chi connectivity index (χ0) is 10.1. The molecule has 1 aliphatic rings. The highest BCUT2D eigenvalue weighted by molar-refractivity contribution is 5.35. The summed E-state index contributed by atoms with van der Waals surface area (Å²) in [6, 6.07) is 6.17. The van der Waals surface area contributed by atoms with Gasteiger partial charge in [-0.2, -0.15) is 0 Å². The smallest absolute Gasteiger partial charge is 0.269 e. The van der Waals surface area contributed by atoms with E-state index >= 15 is 0 Å². The first-order chi connectivity index (χ1) is 6.72. The summed E-state index contributed by atoms with van der Waals surface area (Å²) < 4.78 is 5.13.